The van der Waals surface area contributed by atoms with Gasteiger partial charge in [0, 0.05) is 32.7 Å². The van der Waals surface area contributed by atoms with Crippen molar-refractivity contribution in [1.82, 2.24) is 18.7 Å². The number of nitrogens with two attached hydrogens (primary N) is 1. The van der Waals surface area contributed by atoms with Gasteiger partial charge in [-0.05, 0) is 39.5 Å². The Morgan fingerprint density at radius 1 is 1.27 bits per heavy atom. The minimum atomic E-state index is -0.374. The van der Waals surface area contributed by atoms with E-state index in [-0.39, 0.29) is 23.3 Å². The molecule has 8 nitrogen and oxygen atoms in total. The monoisotopic (exact) mass is 360 g/mol. The van der Waals surface area contributed by atoms with Crippen LogP contribution in [0.15, 0.2) is 21.2 Å². The molecule has 3 rings (SSSR count). The van der Waals surface area contributed by atoms with Crippen LogP contribution < -0.4 is 22.3 Å². The highest BCUT2D eigenvalue weighted by atomic mass is 16.2. The molecule has 1 aliphatic rings. The van der Waals surface area contributed by atoms with E-state index in [2.05, 4.69) is 10.3 Å². The molecule has 0 saturated heterocycles. The predicted octanol–water partition coefficient (Wildman–Crippen LogP) is 1.08. The zero-order valence-corrected chi connectivity index (χ0v) is 16.0. The summed E-state index contributed by atoms with van der Waals surface area (Å²) in [5.41, 5.74) is 7.40. The van der Waals surface area contributed by atoms with Crippen LogP contribution in [0, 0.1) is 0 Å². The van der Waals surface area contributed by atoms with Gasteiger partial charge in [-0.25, -0.2) is 4.79 Å². The van der Waals surface area contributed by atoms with Crippen LogP contribution in [0.2, 0.25) is 0 Å². The Morgan fingerprint density at radius 2 is 2.00 bits per heavy atom. The van der Waals surface area contributed by atoms with Crippen LogP contribution in [0.25, 0.3) is 11.2 Å². The van der Waals surface area contributed by atoms with Crippen LogP contribution in [0.1, 0.15) is 39.5 Å². The van der Waals surface area contributed by atoms with Gasteiger partial charge in [-0.3, -0.25) is 13.9 Å². The standard InChI is InChI=1S/C18H28N6O2/c1-11(2)8-9-24-14-15(22(3)18(26)23(4)16(14)25)21-17(24)20-13-7-5-6-12(19)10-13/h8,12-13H,5-7,9-10,19H2,1-4H3,(H,20,21)/t12-,13-/m0/s1. The highest BCUT2D eigenvalue weighted by Gasteiger charge is 2.23. The molecule has 0 unspecified atom stereocenters. The zero-order valence-electron chi connectivity index (χ0n) is 16.0. The summed E-state index contributed by atoms with van der Waals surface area (Å²) in [6.45, 7) is 4.55. The summed E-state index contributed by atoms with van der Waals surface area (Å²) in [6, 6.07) is 0.413. The maximum atomic E-state index is 12.7. The lowest BCUT2D eigenvalue weighted by molar-refractivity contribution is 0.407. The first-order valence-electron chi connectivity index (χ1n) is 9.11. The first-order valence-corrected chi connectivity index (χ1v) is 9.11. The average molecular weight is 360 g/mol. The van der Waals surface area contributed by atoms with Crippen molar-refractivity contribution in [3.05, 3.63) is 32.5 Å². The van der Waals surface area contributed by atoms with Crippen molar-refractivity contribution >= 4 is 17.1 Å². The molecule has 1 fully saturated rings. The molecule has 142 valence electrons. The van der Waals surface area contributed by atoms with E-state index >= 15 is 0 Å². The van der Waals surface area contributed by atoms with Gasteiger partial charge in [-0.2, -0.15) is 4.98 Å². The van der Waals surface area contributed by atoms with Crippen molar-refractivity contribution in [2.45, 2.75) is 58.2 Å². The minimum Gasteiger partial charge on any atom is -0.353 e. The maximum Gasteiger partial charge on any atom is 0.332 e. The quantitative estimate of drug-likeness (QED) is 0.795. The number of anilines is 1. The van der Waals surface area contributed by atoms with Gasteiger partial charge in [0.1, 0.15) is 0 Å². The van der Waals surface area contributed by atoms with Gasteiger partial charge in [0.2, 0.25) is 5.95 Å². The number of nitrogens with one attached hydrogen (secondary N) is 1. The van der Waals surface area contributed by atoms with Crippen molar-refractivity contribution in [2.75, 3.05) is 5.32 Å². The molecule has 0 amide bonds. The lowest BCUT2D eigenvalue weighted by Gasteiger charge is -2.27. The number of hydrogen-bond acceptors (Lipinski definition) is 5. The predicted molar refractivity (Wildman–Crippen MR) is 104 cm³/mol. The summed E-state index contributed by atoms with van der Waals surface area (Å²) in [6.07, 6.45) is 6.07. The first kappa shape index (κ1) is 18.4. The molecule has 1 aliphatic carbocycles. The molecule has 3 N–H and O–H groups in total. The van der Waals surface area contributed by atoms with Gasteiger partial charge < -0.3 is 15.6 Å². The summed E-state index contributed by atoms with van der Waals surface area (Å²) in [7, 11) is 3.14. The first-order chi connectivity index (χ1) is 12.3. The zero-order chi connectivity index (χ0) is 19.0. The second-order valence-electron chi connectivity index (χ2n) is 7.47. The Labute approximate surface area is 152 Å². The maximum absolute atomic E-state index is 12.7. The fourth-order valence-corrected chi connectivity index (χ4v) is 3.55. The molecule has 2 aromatic rings. The number of imidazole rings is 1. The van der Waals surface area contributed by atoms with Gasteiger partial charge in [0.05, 0.1) is 0 Å². The van der Waals surface area contributed by atoms with Crippen LogP contribution in [0.3, 0.4) is 0 Å². The third kappa shape index (κ3) is 3.33. The van der Waals surface area contributed by atoms with Gasteiger partial charge in [-0.1, -0.05) is 11.6 Å². The summed E-state index contributed by atoms with van der Waals surface area (Å²) in [5, 5.41) is 3.47. The van der Waals surface area contributed by atoms with E-state index in [1.54, 1.807) is 7.05 Å². The molecule has 2 atom stereocenters. The molecule has 26 heavy (non-hydrogen) atoms. The van der Waals surface area contributed by atoms with Gasteiger partial charge in [0.15, 0.2) is 11.2 Å². The molecule has 0 aromatic carbocycles. The molecule has 0 spiro atoms. The summed E-state index contributed by atoms with van der Waals surface area (Å²) in [4.78, 5) is 29.6. The molecule has 1 saturated carbocycles. The fourth-order valence-electron chi connectivity index (χ4n) is 3.55. The minimum absolute atomic E-state index is 0.189. The number of allylic oxidation sites excluding steroid dienone is 2. The van der Waals surface area contributed by atoms with Crippen LogP contribution in [0.4, 0.5) is 5.95 Å². The lowest BCUT2D eigenvalue weighted by Crippen LogP contribution is -2.37. The normalized spacial score (nSPS) is 20.3. The smallest absolute Gasteiger partial charge is 0.332 e. The van der Waals surface area contributed by atoms with E-state index < -0.39 is 0 Å². The third-order valence-corrected chi connectivity index (χ3v) is 5.08. The Morgan fingerprint density at radius 3 is 2.65 bits per heavy atom. The van der Waals surface area contributed by atoms with Crippen molar-refractivity contribution in [1.29, 1.82) is 0 Å². The molecular formula is C18H28N6O2. The highest BCUT2D eigenvalue weighted by molar-refractivity contribution is 5.74. The summed E-state index contributed by atoms with van der Waals surface area (Å²) < 4.78 is 4.42. The number of aryl methyl sites for hydroxylation is 1. The van der Waals surface area contributed by atoms with E-state index in [0.29, 0.717) is 23.7 Å². The SMILES string of the molecule is CC(C)=CCn1c(N[C@H]2CCC[C@H](N)C2)nc2c1c(=O)n(C)c(=O)n2C. The highest BCUT2D eigenvalue weighted by Crippen LogP contribution is 2.23. The Kier molecular flexibility index (Phi) is 5.04. The van der Waals surface area contributed by atoms with Crippen molar-refractivity contribution in [2.24, 2.45) is 19.8 Å². The molecule has 2 aromatic heterocycles. The van der Waals surface area contributed by atoms with Gasteiger partial charge in [0.25, 0.3) is 5.56 Å². The largest absolute Gasteiger partial charge is 0.353 e. The van der Waals surface area contributed by atoms with E-state index in [9.17, 15) is 9.59 Å². The van der Waals surface area contributed by atoms with Crippen LogP contribution >= 0.6 is 0 Å². The van der Waals surface area contributed by atoms with Crippen LogP contribution in [-0.4, -0.2) is 30.8 Å². The topological polar surface area (TPSA) is 99.9 Å². The summed E-state index contributed by atoms with van der Waals surface area (Å²) in [5.74, 6) is 0.620. The molecule has 8 heteroatoms. The molecule has 0 bridgehead atoms. The fraction of sp³-hybridized carbons (Fsp3) is 0.611. The Bertz CT molecular complexity index is 961. The molecule has 0 aliphatic heterocycles. The second kappa shape index (κ2) is 7.11. The van der Waals surface area contributed by atoms with Crippen LogP contribution in [0.5, 0.6) is 0 Å². The van der Waals surface area contributed by atoms with Gasteiger partial charge >= 0.3 is 5.69 Å². The summed E-state index contributed by atoms with van der Waals surface area (Å²) >= 11 is 0. The van der Waals surface area contributed by atoms with E-state index in [1.165, 1.54) is 11.6 Å². The van der Waals surface area contributed by atoms with E-state index in [1.807, 2.05) is 24.5 Å². The van der Waals surface area contributed by atoms with E-state index in [4.69, 9.17) is 5.73 Å². The number of rotatable bonds is 4. The molecule has 2 heterocycles. The number of fused-ring (bicyclic) bond motifs is 1. The lowest BCUT2D eigenvalue weighted by atomic mass is 9.92. The van der Waals surface area contributed by atoms with Crippen molar-refractivity contribution in [3.8, 4) is 0 Å². The van der Waals surface area contributed by atoms with Crippen molar-refractivity contribution < 1.29 is 0 Å². The molecule has 0 radical (unpaired) electrons. The Hall–Kier alpha value is -2.35. The number of nitrogens with zero attached hydrogens (tertiary/aromatic N) is 4. The van der Waals surface area contributed by atoms with E-state index in [0.717, 1.165) is 35.8 Å². The molecular weight excluding hydrogens is 332 g/mol. The van der Waals surface area contributed by atoms with Crippen LogP contribution in [-0.2, 0) is 20.6 Å². The third-order valence-electron chi connectivity index (χ3n) is 5.08. The number of aromatic nitrogens is 4. The Balaban J connectivity index is 2.14. The number of hydrogen-bond donors (Lipinski definition) is 2. The second-order valence-corrected chi connectivity index (χ2v) is 7.47. The average Bonchev–Trinajstić information content (AvgIpc) is 2.94. The van der Waals surface area contributed by atoms with Crippen molar-refractivity contribution in [3.63, 3.8) is 0 Å². The van der Waals surface area contributed by atoms with Gasteiger partial charge in [-0.15, -0.1) is 0 Å².